The Morgan fingerprint density at radius 3 is 2.72 bits per heavy atom. The number of nitrogens with one attached hydrogen (secondary N) is 1. The monoisotopic (exact) mass is 373 g/mol. The van der Waals surface area contributed by atoms with Gasteiger partial charge < -0.3 is 10.4 Å². The number of hydrogen-bond acceptors (Lipinski definition) is 5. The smallest absolute Gasteiger partial charge is 0.307 e. The molecule has 0 aliphatic heterocycles. The first-order valence-corrected chi connectivity index (χ1v) is 9.35. The standard InChI is InChI=1S/C18H16ClN3O2S/c19-18-21-16(20-11-7-5-10(6-8-11)9-14(23)24)15-12-3-1-2-4-13(12)25-17(15)22-18/h5-8H,1-4,9H2,(H,23,24)(H,20,21,22). The second-order valence-corrected chi connectivity index (χ2v) is 7.55. The highest BCUT2D eigenvalue weighted by molar-refractivity contribution is 7.19. The largest absolute Gasteiger partial charge is 0.481 e. The minimum absolute atomic E-state index is 0.0158. The average Bonchev–Trinajstić information content (AvgIpc) is 2.94. The van der Waals surface area contributed by atoms with Gasteiger partial charge in [0.2, 0.25) is 5.28 Å². The lowest BCUT2D eigenvalue weighted by Gasteiger charge is -2.13. The second kappa shape index (κ2) is 6.61. The molecule has 128 valence electrons. The van der Waals surface area contributed by atoms with Gasteiger partial charge in [-0.25, -0.2) is 4.98 Å². The second-order valence-electron chi connectivity index (χ2n) is 6.12. The topological polar surface area (TPSA) is 75.1 Å². The number of anilines is 2. The van der Waals surface area contributed by atoms with E-state index in [2.05, 4.69) is 15.3 Å². The zero-order valence-corrected chi connectivity index (χ0v) is 15.0. The van der Waals surface area contributed by atoms with Gasteiger partial charge in [0.25, 0.3) is 0 Å². The van der Waals surface area contributed by atoms with Crippen LogP contribution in [0.25, 0.3) is 10.2 Å². The number of hydrogen-bond donors (Lipinski definition) is 2. The van der Waals surface area contributed by atoms with Crippen LogP contribution in [0.1, 0.15) is 28.8 Å². The number of rotatable bonds is 4. The molecule has 0 saturated carbocycles. The van der Waals surface area contributed by atoms with Crippen molar-refractivity contribution in [3.8, 4) is 0 Å². The number of carboxylic acids is 1. The number of benzene rings is 1. The van der Waals surface area contributed by atoms with Crippen LogP contribution in [0.3, 0.4) is 0 Å². The zero-order valence-electron chi connectivity index (χ0n) is 13.4. The van der Waals surface area contributed by atoms with Crippen molar-refractivity contribution < 1.29 is 9.90 Å². The van der Waals surface area contributed by atoms with Crippen LogP contribution in [-0.2, 0) is 24.1 Å². The van der Waals surface area contributed by atoms with Crippen molar-refractivity contribution in [3.63, 3.8) is 0 Å². The van der Waals surface area contributed by atoms with E-state index in [9.17, 15) is 4.79 Å². The number of thiophene rings is 1. The van der Waals surface area contributed by atoms with Crippen molar-refractivity contribution in [2.75, 3.05) is 5.32 Å². The van der Waals surface area contributed by atoms with E-state index in [0.29, 0.717) is 0 Å². The van der Waals surface area contributed by atoms with Crippen LogP contribution < -0.4 is 5.32 Å². The van der Waals surface area contributed by atoms with E-state index in [-0.39, 0.29) is 11.7 Å². The molecule has 0 unspecified atom stereocenters. The van der Waals surface area contributed by atoms with E-state index in [1.165, 1.54) is 23.3 Å². The van der Waals surface area contributed by atoms with Crippen molar-refractivity contribution in [3.05, 3.63) is 45.6 Å². The van der Waals surface area contributed by atoms with E-state index in [4.69, 9.17) is 16.7 Å². The molecule has 25 heavy (non-hydrogen) atoms. The predicted molar refractivity (Wildman–Crippen MR) is 100 cm³/mol. The first-order chi connectivity index (χ1) is 12.1. The van der Waals surface area contributed by atoms with Crippen LogP contribution in [0.15, 0.2) is 24.3 Å². The van der Waals surface area contributed by atoms with Gasteiger partial charge in [-0.15, -0.1) is 11.3 Å². The molecule has 3 aromatic rings. The third-order valence-corrected chi connectivity index (χ3v) is 5.71. The predicted octanol–water partition coefficient (Wildman–Crippen LogP) is 4.59. The molecule has 4 rings (SSSR count). The van der Waals surface area contributed by atoms with Crippen LogP contribution in [0.2, 0.25) is 5.28 Å². The molecular formula is C18H16ClN3O2S. The minimum Gasteiger partial charge on any atom is -0.481 e. The Kier molecular flexibility index (Phi) is 4.31. The molecular weight excluding hydrogens is 358 g/mol. The molecule has 2 N–H and O–H groups in total. The van der Waals surface area contributed by atoms with Gasteiger partial charge in [0, 0.05) is 10.6 Å². The van der Waals surface area contributed by atoms with Gasteiger partial charge in [-0.05, 0) is 60.5 Å². The quantitative estimate of drug-likeness (QED) is 0.654. The first kappa shape index (κ1) is 16.3. The number of nitrogens with zero attached hydrogens (tertiary/aromatic N) is 2. The molecule has 5 nitrogen and oxygen atoms in total. The molecule has 0 spiro atoms. The molecule has 0 atom stereocenters. The Hall–Kier alpha value is -2.18. The summed E-state index contributed by atoms with van der Waals surface area (Å²) in [5, 5.41) is 13.5. The van der Waals surface area contributed by atoms with Crippen molar-refractivity contribution in [2.45, 2.75) is 32.1 Å². The van der Waals surface area contributed by atoms with Gasteiger partial charge in [0.15, 0.2) is 0 Å². The zero-order chi connectivity index (χ0) is 17.4. The first-order valence-electron chi connectivity index (χ1n) is 8.15. The number of aliphatic carboxylic acids is 1. The molecule has 2 heterocycles. The summed E-state index contributed by atoms with van der Waals surface area (Å²) in [7, 11) is 0. The summed E-state index contributed by atoms with van der Waals surface area (Å²) in [6, 6.07) is 7.33. The van der Waals surface area contributed by atoms with Gasteiger partial charge in [0.05, 0.1) is 11.8 Å². The fourth-order valence-corrected chi connectivity index (χ4v) is 4.72. The van der Waals surface area contributed by atoms with Crippen molar-refractivity contribution in [2.24, 2.45) is 0 Å². The Labute approximate surface area is 153 Å². The van der Waals surface area contributed by atoms with E-state index in [0.717, 1.165) is 40.1 Å². The highest BCUT2D eigenvalue weighted by Gasteiger charge is 2.21. The van der Waals surface area contributed by atoms with E-state index >= 15 is 0 Å². The summed E-state index contributed by atoms with van der Waals surface area (Å²) in [4.78, 5) is 21.9. The fourth-order valence-electron chi connectivity index (χ4n) is 3.24. The third kappa shape index (κ3) is 3.32. The maximum absolute atomic E-state index is 10.8. The average molecular weight is 374 g/mol. The molecule has 2 aromatic heterocycles. The third-order valence-electron chi connectivity index (χ3n) is 4.36. The maximum Gasteiger partial charge on any atom is 0.307 e. The van der Waals surface area contributed by atoms with Crippen molar-refractivity contribution in [1.82, 2.24) is 9.97 Å². The Morgan fingerprint density at radius 1 is 1.20 bits per heavy atom. The Bertz CT molecular complexity index is 953. The summed E-state index contributed by atoms with van der Waals surface area (Å²) >= 11 is 7.82. The normalized spacial score (nSPS) is 13.6. The molecule has 7 heteroatoms. The minimum atomic E-state index is -0.838. The van der Waals surface area contributed by atoms with Crippen LogP contribution >= 0.6 is 22.9 Å². The van der Waals surface area contributed by atoms with Crippen LogP contribution in [0, 0.1) is 0 Å². The SMILES string of the molecule is O=C(O)Cc1ccc(Nc2nc(Cl)nc3sc4c(c23)CCCC4)cc1. The fraction of sp³-hybridized carbons (Fsp3) is 0.278. The summed E-state index contributed by atoms with van der Waals surface area (Å²) in [5.41, 5.74) is 2.95. The number of aryl methyl sites for hydroxylation is 2. The van der Waals surface area contributed by atoms with Gasteiger partial charge in [-0.1, -0.05) is 12.1 Å². The number of fused-ring (bicyclic) bond motifs is 3. The van der Waals surface area contributed by atoms with Gasteiger partial charge >= 0.3 is 5.97 Å². The van der Waals surface area contributed by atoms with Crippen LogP contribution in [0.4, 0.5) is 11.5 Å². The van der Waals surface area contributed by atoms with Crippen molar-refractivity contribution in [1.29, 1.82) is 0 Å². The molecule has 0 saturated heterocycles. The Balaban J connectivity index is 1.71. The maximum atomic E-state index is 10.8. The highest BCUT2D eigenvalue weighted by atomic mass is 35.5. The molecule has 1 aliphatic carbocycles. The lowest BCUT2D eigenvalue weighted by atomic mass is 9.97. The molecule has 0 amide bonds. The molecule has 1 aliphatic rings. The summed E-state index contributed by atoms with van der Waals surface area (Å²) < 4.78 is 0. The Morgan fingerprint density at radius 2 is 1.96 bits per heavy atom. The number of carboxylic acid groups (broad SMARTS) is 1. The summed E-state index contributed by atoms with van der Waals surface area (Å²) in [6.07, 6.45) is 4.56. The summed E-state index contributed by atoms with van der Waals surface area (Å²) in [5.74, 6) is -0.115. The lowest BCUT2D eigenvalue weighted by Crippen LogP contribution is -2.02. The number of carbonyl (C=O) groups is 1. The number of halogens is 1. The summed E-state index contributed by atoms with van der Waals surface area (Å²) in [6.45, 7) is 0. The number of aromatic nitrogens is 2. The highest BCUT2D eigenvalue weighted by Crippen LogP contribution is 2.39. The van der Waals surface area contributed by atoms with Crippen LogP contribution in [0.5, 0.6) is 0 Å². The lowest BCUT2D eigenvalue weighted by molar-refractivity contribution is -0.136. The van der Waals surface area contributed by atoms with Crippen LogP contribution in [-0.4, -0.2) is 21.0 Å². The van der Waals surface area contributed by atoms with E-state index in [1.54, 1.807) is 23.5 Å². The molecule has 1 aromatic carbocycles. The van der Waals surface area contributed by atoms with Gasteiger partial charge in [-0.2, -0.15) is 4.98 Å². The molecule has 0 bridgehead atoms. The van der Waals surface area contributed by atoms with Gasteiger partial charge in [0.1, 0.15) is 10.6 Å². The van der Waals surface area contributed by atoms with Gasteiger partial charge in [-0.3, -0.25) is 4.79 Å². The van der Waals surface area contributed by atoms with E-state index < -0.39 is 5.97 Å². The van der Waals surface area contributed by atoms with Crippen molar-refractivity contribution >= 4 is 50.6 Å². The molecule has 0 radical (unpaired) electrons. The van der Waals surface area contributed by atoms with E-state index in [1.807, 2.05) is 12.1 Å². The molecule has 0 fully saturated rings.